The average molecular weight is 327 g/mol. The molecule has 0 aromatic heterocycles. The van der Waals surface area contributed by atoms with Crippen LogP contribution >= 0.6 is 0 Å². The number of amides is 1. The Morgan fingerprint density at radius 1 is 1.08 bits per heavy atom. The number of para-hydroxylation sites is 2. The fraction of sp³-hybridized carbons (Fsp3) is 0.350. The number of rotatable bonds is 9. The van der Waals surface area contributed by atoms with E-state index in [1.54, 1.807) is 0 Å². The van der Waals surface area contributed by atoms with Gasteiger partial charge in [-0.1, -0.05) is 55.8 Å². The minimum absolute atomic E-state index is 0.0237. The molecule has 0 saturated heterocycles. The summed E-state index contributed by atoms with van der Waals surface area (Å²) in [7, 11) is 0. The number of carbonyl (C=O) groups is 1. The van der Waals surface area contributed by atoms with Gasteiger partial charge in [-0.15, -0.1) is 0 Å². The van der Waals surface area contributed by atoms with Crippen molar-refractivity contribution in [1.29, 1.82) is 0 Å². The molecule has 0 aliphatic rings. The molecule has 1 amide bonds. The van der Waals surface area contributed by atoms with Gasteiger partial charge >= 0.3 is 0 Å². The molecule has 0 unspecified atom stereocenters. The summed E-state index contributed by atoms with van der Waals surface area (Å²) in [4.78, 5) is 12.9. The molecule has 1 atom stereocenters. The second-order valence-corrected chi connectivity index (χ2v) is 5.68. The molecule has 0 aliphatic heterocycles. The van der Waals surface area contributed by atoms with Gasteiger partial charge in [0.25, 0.3) is 5.91 Å². The second-order valence-electron chi connectivity index (χ2n) is 5.68. The number of nitrogens with one attached hydrogen (secondary N) is 1. The Bertz CT molecular complexity index is 629. The minimum Gasteiger partial charge on any atom is -0.492 e. The summed E-state index contributed by atoms with van der Waals surface area (Å²) in [6.07, 6.45) is 2.21. The third kappa shape index (κ3) is 5.10. The maximum absolute atomic E-state index is 12.9. The van der Waals surface area contributed by atoms with E-state index in [-0.39, 0.29) is 11.9 Å². The van der Waals surface area contributed by atoms with Crippen molar-refractivity contribution in [1.82, 2.24) is 0 Å². The van der Waals surface area contributed by atoms with Crippen LogP contribution in [0.25, 0.3) is 0 Å². The van der Waals surface area contributed by atoms with Crippen LogP contribution in [-0.4, -0.2) is 19.1 Å². The van der Waals surface area contributed by atoms with Gasteiger partial charge in [0, 0.05) is 5.56 Å². The first-order valence-electron chi connectivity index (χ1n) is 8.67. The van der Waals surface area contributed by atoms with Crippen molar-refractivity contribution in [3.05, 3.63) is 60.2 Å². The first-order valence-corrected chi connectivity index (χ1v) is 8.67. The van der Waals surface area contributed by atoms with Crippen LogP contribution in [0, 0.1) is 0 Å². The summed E-state index contributed by atoms with van der Waals surface area (Å²) in [6.45, 7) is 5.59. The molecule has 128 valence electrons. The molecule has 4 heteroatoms. The fourth-order valence-electron chi connectivity index (χ4n) is 2.61. The highest BCUT2D eigenvalue weighted by atomic mass is 16.5. The summed E-state index contributed by atoms with van der Waals surface area (Å²) in [5.74, 6) is 0.679. The zero-order chi connectivity index (χ0) is 17.2. The van der Waals surface area contributed by atoms with E-state index in [2.05, 4.69) is 17.6 Å². The van der Waals surface area contributed by atoms with Crippen molar-refractivity contribution in [3.8, 4) is 5.75 Å². The van der Waals surface area contributed by atoms with Gasteiger partial charge in [-0.25, -0.2) is 0 Å². The van der Waals surface area contributed by atoms with E-state index in [1.807, 2.05) is 61.5 Å². The number of benzene rings is 2. The van der Waals surface area contributed by atoms with Gasteiger partial charge in [0.1, 0.15) is 5.75 Å². The molecule has 2 aromatic rings. The number of unbranched alkanes of at least 4 members (excludes halogenated alkanes) is 1. The lowest BCUT2D eigenvalue weighted by Gasteiger charge is -2.17. The number of carbonyl (C=O) groups excluding carboxylic acids is 1. The predicted octanol–water partition coefficient (Wildman–Crippen LogP) is 3.13. The molecule has 0 spiro atoms. The highest BCUT2D eigenvalue weighted by Gasteiger charge is 2.24. The zero-order valence-electron chi connectivity index (χ0n) is 14.5. The van der Waals surface area contributed by atoms with Crippen LogP contribution in [0.1, 0.15) is 38.3 Å². The molecule has 3 N–H and O–H groups in total. The van der Waals surface area contributed by atoms with E-state index in [4.69, 9.17) is 4.74 Å². The Labute approximate surface area is 144 Å². The number of anilines is 1. The van der Waals surface area contributed by atoms with Gasteiger partial charge in [-0.3, -0.25) is 4.79 Å². The predicted molar refractivity (Wildman–Crippen MR) is 97.1 cm³/mol. The molecule has 0 saturated carbocycles. The van der Waals surface area contributed by atoms with E-state index < -0.39 is 0 Å². The summed E-state index contributed by atoms with van der Waals surface area (Å²) < 4.78 is 5.60. The van der Waals surface area contributed by atoms with Crippen LogP contribution in [0.15, 0.2) is 54.6 Å². The number of ether oxygens (including phenoxy) is 1. The number of nitrogens with two attached hydrogens (primary N) is 1. The first-order chi connectivity index (χ1) is 11.8. The molecule has 0 fully saturated rings. The van der Waals surface area contributed by atoms with E-state index in [0.717, 1.165) is 24.9 Å². The quantitative estimate of drug-likeness (QED) is 0.695. The maximum Gasteiger partial charge on any atom is 0.287 e. The number of hydrogen-bond donors (Lipinski definition) is 2. The van der Waals surface area contributed by atoms with Crippen LogP contribution in [0.5, 0.6) is 5.75 Å². The van der Waals surface area contributed by atoms with E-state index in [0.29, 0.717) is 18.0 Å². The van der Waals surface area contributed by atoms with E-state index >= 15 is 0 Å². The van der Waals surface area contributed by atoms with Crippen molar-refractivity contribution < 1.29 is 14.8 Å². The Morgan fingerprint density at radius 3 is 2.50 bits per heavy atom. The Hall–Kier alpha value is -2.33. The number of hydrogen-bond acceptors (Lipinski definition) is 2. The topological polar surface area (TPSA) is 54.9 Å². The van der Waals surface area contributed by atoms with Crippen molar-refractivity contribution in [2.75, 3.05) is 18.5 Å². The smallest absolute Gasteiger partial charge is 0.287 e. The molecular weight excluding hydrogens is 300 g/mol. The standard InChI is InChI=1S/C20H26N2O2/c1-3-5-15-21-19(16-11-7-6-8-12-16)20(23)22-17-13-9-10-14-18(17)24-4-2/h6-14,19,21H,3-5,15H2,1-2H3,(H,22,23)/p+1/t19-/m0/s1. The minimum atomic E-state index is -0.257. The van der Waals surface area contributed by atoms with Gasteiger partial charge in [-0.2, -0.15) is 0 Å². The number of quaternary nitrogens is 1. The molecule has 24 heavy (non-hydrogen) atoms. The Balaban J connectivity index is 2.15. The molecule has 2 rings (SSSR count). The highest BCUT2D eigenvalue weighted by Crippen LogP contribution is 2.24. The molecule has 4 nitrogen and oxygen atoms in total. The molecule has 0 aliphatic carbocycles. The highest BCUT2D eigenvalue weighted by molar-refractivity contribution is 5.95. The van der Waals surface area contributed by atoms with Gasteiger partial charge in [0.2, 0.25) is 0 Å². The van der Waals surface area contributed by atoms with Crippen LogP contribution in [0.2, 0.25) is 0 Å². The largest absolute Gasteiger partial charge is 0.492 e. The summed E-state index contributed by atoms with van der Waals surface area (Å²) >= 11 is 0. The van der Waals surface area contributed by atoms with Gasteiger partial charge in [0.05, 0.1) is 18.8 Å². The zero-order valence-corrected chi connectivity index (χ0v) is 14.5. The van der Waals surface area contributed by atoms with Crippen molar-refractivity contribution >= 4 is 11.6 Å². The van der Waals surface area contributed by atoms with Gasteiger partial charge < -0.3 is 15.4 Å². The average Bonchev–Trinajstić information content (AvgIpc) is 2.61. The van der Waals surface area contributed by atoms with Crippen LogP contribution < -0.4 is 15.4 Å². The van der Waals surface area contributed by atoms with Crippen molar-refractivity contribution in [2.45, 2.75) is 32.7 Å². The Morgan fingerprint density at radius 2 is 1.79 bits per heavy atom. The first kappa shape index (κ1) is 18.0. The van der Waals surface area contributed by atoms with Crippen molar-refractivity contribution in [3.63, 3.8) is 0 Å². The van der Waals surface area contributed by atoms with E-state index in [1.165, 1.54) is 0 Å². The second kappa shape index (κ2) is 9.73. The van der Waals surface area contributed by atoms with Crippen LogP contribution in [0.3, 0.4) is 0 Å². The SMILES string of the molecule is CCCC[NH2+][C@H](C(=O)Nc1ccccc1OCC)c1ccccc1. The van der Waals surface area contributed by atoms with Crippen LogP contribution in [0.4, 0.5) is 5.69 Å². The molecule has 2 aromatic carbocycles. The Kier molecular flexibility index (Phi) is 7.30. The van der Waals surface area contributed by atoms with Crippen molar-refractivity contribution in [2.24, 2.45) is 0 Å². The molecular formula is C20H27N2O2+. The lowest BCUT2D eigenvalue weighted by molar-refractivity contribution is -0.682. The lowest BCUT2D eigenvalue weighted by Crippen LogP contribution is -2.87. The third-order valence-corrected chi connectivity index (χ3v) is 3.85. The van der Waals surface area contributed by atoms with Gasteiger partial charge in [0.15, 0.2) is 6.04 Å². The summed E-state index contributed by atoms with van der Waals surface area (Å²) in [5.41, 5.74) is 1.73. The van der Waals surface area contributed by atoms with E-state index in [9.17, 15) is 4.79 Å². The molecule has 0 heterocycles. The summed E-state index contributed by atoms with van der Waals surface area (Å²) in [5, 5.41) is 5.13. The lowest BCUT2D eigenvalue weighted by atomic mass is 10.1. The normalized spacial score (nSPS) is 11.8. The molecule has 0 radical (unpaired) electrons. The fourth-order valence-corrected chi connectivity index (χ4v) is 2.61. The maximum atomic E-state index is 12.9. The van der Waals surface area contributed by atoms with Gasteiger partial charge in [-0.05, 0) is 25.5 Å². The third-order valence-electron chi connectivity index (χ3n) is 3.85. The summed E-state index contributed by atoms with van der Waals surface area (Å²) in [6, 6.07) is 17.2. The monoisotopic (exact) mass is 327 g/mol. The van der Waals surface area contributed by atoms with Crippen LogP contribution in [-0.2, 0) is 4.79 Å². The molecule has 0 bridgehead atoms.